The Kier molecular flexibility index (Phi) is 6.17. The largest absolute Gasteiger partial charge is 0.507 e. The van der Waals surface area contributed by atoms with Crippen molar-refractivity contribution in [3.05, 3.63) is 86.8 Å². The molecule has 3 saturated heterocycles. The third kappa shape index (κ3) is 4.11. The molecule has 3 fully saturated rings. The summed E-state index contributed by atoms with van der Waals surface area (Å²) in [5.41, 5.74) is 5.36. The number of hydrogen-bond acceptors (Lipinski definition) is 5. The number of nitrogens with zero attached hydrogens (tertiary/aromatic N) is 2. The third-order valence-electron chi connectivity index (χ3n) is 9.88. The number of benzene rings is 2. The number of fused-ring (bicyclic) bond motifs is 7. The maximum Gasteiger partial charge on any atom is 0.340 e. The molecule has 2 aromatic carbocycles. The number of phenolic OH excluding ortho intramolecular Hbond substituents is 1. The summed E-state index contributed by atoms with van der Waals surface area (Å²) >= 11 is 0. The van der Waals surface area contributed by atoms with Gasteiger partial charge in [-0.15, -0.1) is 0 Å². The van der Waals surface area contributed by atoms with Crippen LogP contribution in [-0.2, 0) is 13.0 Å². The molecule has 1 aliphatic carbocycles. The zero-order valence-corrected chi connectivity index (χ0v) is 22.4. The molecule has 4 atom stereocenters. The molecule has 0 unspecified atom stereocenters. The fourth-order valence-corrected chi connectivity index (χ4v) is 8.12. The summed E-state index contributed by atoms with van der Waals surface area (Å²) in [4.78, 5) is 18.6. The molecule has 4 aliphatic rings. The maximum atomic E-state index is 13.2. The van der Waals surface area contributed by atoms with E-state index in [1.54, 1.807) is 11.6 Å². The van der Waals surface area contributed by atoms with E-state index in [4.69, 9.17) is 4.42 Å². The van der Waals surface area contributed by atoms with Crippen LogP contribution in [0.1, 0.15) is 60.8 Å². The van der Waals surface area contributed by atoms with E-state index in [1.165, 1.54) is 45.2 Å². The van der Waals surface area contributed by atoms with Gasteiger partial charge in [0.2, 0.25) is 0 Å². The number of hydrogen-bond donors (Lipinski definition) is 1. The molecule has 5 heteroatoms. The van der Waals surface area contributed by atoms with Crippen LogP contribution < -0.4 is 5.63 Å². The van der Waals surface area contributed by atoms with Gasteiger partial charge in [-0.2, -0.15) is 0 Å². The van der Waals surface area contributed by atoms with Crippen LogP contribution in [-0.4, -0.2) is 46.6 Å². The van der Waals surface area contributed by atoms with Crippen molar-refractivity contribution >= 4 is 11.0 Å². The van der Waals surface area contributed by atoms with Gasteiger partial charge in [-0.05, 0) is 87.2 Å². The summed E-state index contributed by atoms with van der Waals surface area (Å²) in [6.45, 7) is 6.07. The van der Waals surface area contributed by atoms with Gasteiger partial charge in [-0.3, -0.25) is 9.80 Å². The number of aromatic hydroxyl groups is 1. The molecule has 5 nitrogen and oxygen atoms in total. The van der Waals surface area contributed by atoms with Crippen molar-refractivity contribution < 1.29 is 9.52 Å². The smallest absolute Gasteiger partial charge is 0.340 e. The Balaban J connectivity index is 1.23. The highest BCUT2D eigenvalue weighted by Gasteiger charge is 2.46. The predicted octanol–water partition coefficient (Wildman–Crippen LogP) is 5.79. The minimum atomic E-state index is -0.297. The summed E-state index contributed by atoms with van der Waals surface area (Å²) in [5.74, 6) is 1.56. The lowest BCUT2D eigenvalue weighted by atomic mass is 9.68. The highest BCUT2D eigenvalue weighted by atomic mass is 16.4. The van der Waals surface area contributed by atoms with Crippen molar-refractivity contribution in [3.8, 4) is 5.75 Å². The second kappa shape index (κ2) is 9.69. The predicted molar refractivity (Wildman–Crippen MR) is 150 cm³/mol. The molecule has 1 N–H and O–H groups in total. The number of likely N-dealkylation sites (tertiary alicyclic amines) is 1. The molecule has 4 heterocycles. The van der Waals surface area contributed by atoms with Crippen molar-refractivity contribution in [2.24, 2.45) is 11.8 Å². The molecule has 198 valence electrons. The van der Waals surface area contributed by atoms with Gasteiger partial charge in [0.15, 0.2) is 0 Å². The lowest BCUT2D eigenvalue weighted by molar-refractivity contribution is -0.00274. The fourth-order valence-electron chi connectivity index (χ4n) is 8.12. The normalized spacial score (nSPS) is 27.6. The molecular formula is C33H38N2O3. The van der Waals surface area contributed by atoms with Crippen molar-refractivity contribution in [3.63, 3.8) is 0 Å². The molecule has 3 aromatic rings. The van der Waals surface area contributed by atoms with Gasteiger partial charge in [0.05, 0.1) is 5.56 Å². The first-order valence-electron chi connectivity index (χ1n) is 14.6. The van der Waals surface area contributed by atoms with E-state index in [1.807, 2.05) is 43.3 Å². The molecule has 0 spiro atoms. The zero-order valence-electron chi connectivity index (χ0n) is 22.4. The Labute approximate surface area is 224 Å². The fraction of sp³-hybridized carbons (Fsp3) is 0.485. The summed E-state index contributed by atoms with van der Waals surface area (Å²) in [6.07, 6.45) is 10.9. The van der Waals surface area contributed by atoms with Crippen LogP contribution in [0.2, 0.25) is 0 Å². The summed E-state index contributed by atoms with van der Waals surface area (Å²) in [7, 11) is 0. The molecule has 38 heavy (non-hydrogen) atoms. The quantitative estimate of drug-likeness (QED) is 0.356. The van der Waals surface area contributed by atoms with Crippen LogP contribution in [0.3, 0.4) is 0 Å². The lowest BCUT2D eigenvalue weighted by Gasteiger charge is -2.54. The average Bonchev–Trinajstić information content (AvgIpc) is 2.93. The standard InChI is InChI=1S/C33H38N2O3/c1-21-26-12-13-30(36)28(32(26)38-33(37)27(21)16-22-8-3-2-4-9-22)20-35-15-7-10-23-17-24-18-25(31(23)35)19-34-14-6-5-11-29(24)34/h2-4,8-9,12-13,17,24-25,29,31,36H,5-7,10-11,14-16,18-20H2,1H3/t24-,25-,29+,31+/m0/s1. The molecular weight excluding hydrogens is 472 g/mol. The average molecular weight is 511 g/mol. The molecule has 0 amide bonds. The van der Waals surface area contributed by atoms with E-state index in [0.717, 1.165) is 41.1 Å². The maximum absolute atomic E-state index is 13.2. The van der Waals surface area contributed by atoms with Gasteiger partial charge in [-0.1, -0.05) is 48.4 Å². The van der Waals surface area contributed by atoms with Crippen LogP contribution in [0.15, 0.2) is 63.3 Å². The van der Waals surface area contributed by atoms with E-state index in [2.05, 4.69) is 15.9 Å². The Morgan fingerprint density at radius 2 is 1.89 bits per heavy atom. The Morgan fingerprint density at radius 3 is 2.76 bits per heavy atom. The van der Waals surface area contributed by atoms with Crippen molar-refractivity contribution in [2.45, 2.75) is 70.5 Å². The molecule has 7 rings (SSSR count). The highest BCUT2D eigenvalue weighted by molar-refractivity contribution is 5.85. The van der Waals surface area contributed by atoms with Gasteiger partial charge < -0.3 is 9.52 Å². The SMILES string of the molecule is Cc1c(Cc2ccccc2)c(=O)oc2c(CN3CCCC4=C[C@H]5C[C@@H](CN6CCCC[C@H]56)[C@@H]43)c(O)ccc12. The number of aryl methyl sites for hydroxylation is 1. The zero-order chi connectivity index (χ0) is 25.8. The number of phenols is 1. The minimum absolute atomic E-state index is 0.223. The van der Waals surface area contributed by atoms with E-state index in [0.29, 0.717) is 42.0 Å². The molecule has 0 saturated carbocycles. The first kappa shape index (κ1) is 24.2. The van der Waals surface area contributed by atoms with Crippen LogP contribution in [0.5, 0.6) is 5.75 Å². The van der Waals surface area contributed by atoms with Crippen LogP contribution in [0.25, 0.3) is 11.0 Å². The summed E-state index contributed by atoms with van der Waals surface area (Å²) in [5, 5.41) is 12.0. The Hall–Kier alpha value is -2.89. The van der Waals surface area contributed by atoms with E-state index in [-0.39, 0.29) is 11.4 Å². The molecule has 3 aliphatic heterocycles. The Morgan fingerprint density at radius 1 is 1.03 bits per heavy atom. The van der Waals surface area contributed by atoms with Gasteiger partial charge in [-0.25, -0.2) is 4.79 Å². The Bertz CT molecular complexity index is 1440. The summed E-state index contributed by atoms with van der Waals surface area (Å²) < 4.78 is 6.02. The highest BCUT2D eigenvalue weighted by Crippen LogP contribution is 2.46. The molecule has 0 radical (unpaired) electrons. The van der Waals surface area contributed by atoms with Crippen molar-refractivity contribution in [1.82, 2.24) is 9.80 Å². The lowest BCUT2D eigenvalue weighted by Crippen LogP contribution is -2.59. The monoisotopic (exact) mass is 510 g/mol. The van der Waals surface area contributed by atoms with Gasteiger partial charge in [0.1, 0.15) is 11.3 Å². The van der Waals surface area contributed by atoms with Crippen LogP contribution in [0.4, 0.5) is 0 Å². The van der Waals surface area contributed by atoms with Gasteiger partial charge in [0.25, 0.3) is 0 Å². The number of piperidine rings is 3. The van der Waals surface area contributed by atoms with E-state index < -0.39 is 0 Å². The van der Waals surface area contributed by atoms with E-state index in [9.17, 15) is 9.90 Å². The topological polar surface area (TPSA) is 56.9 Å². The second-order valence-electron chi connectivity index (χ2n) is 12.1. The second-order valence-corrected chi connectivity index (χ2v) is 12.1. The minimum Gasteiger partial charge on any atom is -0.507 e. The third-order valence-corrected chi connectivity index (χ3v) is 9.88. The first-order valence-corrected chi connectivity index (χ1v) is 14.6. The van der Waals surface area contributed by atoms with E-state index >= 15 is 0 Å². The van der Waals surface area contributed by atoms with Crippen LogP contribution >= 0.6 is 0 Å². The number of rotatable bonds is 4. The van der Waals surface area contributed by atoms with Crippen molar-refractivity contribution in [2.75, 3.05) is 19.6 Å². The van der Waals surface area contributed by atoms with Crippen molar-refractivity contribution in [1.29, 1.82) is 0 Å². The first-order chi connectivity index (χ1) is 18.6. The summed E-state index contributed by atoms with van der Waals surface area (Å²) in [6, 6.07) is 14.9. The van der Waals surface area contributed by atoms with Crippen LogP contribution in [0, 0.1) is 18.8 Å². The van der Waals surface area contributed by atoms with Gasteiger partial charge >= 0.3 is 5.63 Å². The van der Waals surface area contributed by atoms with Gasteiger partial charge in [0, 0.05) is 42.5 Å². The molecule has 1 aromatic heterocycles. The molecule has 2 bridgehead atoms.